The lowest BCUT2D eigenvalue weighted by Crippen LogP contribution is -2.29. The first-order valence-corrected chi connectivity index (χ1v) is 6.68. The fourth-order valence-electron chi connectivity index (χ4n) is 1.66. The first kappa shape index (κ1) is 13.2. The van der Waals surface area contributed by atoms with Crippen LogP contribution in [0.4, 0.5) is 0 Å². The van der Waals surface area contributed by atoms with E-state index >= 15 is 0 Å². The second-order valence-corrected chi connectivity index (χ2v) is 5.13. The monoisotopic (exact) mass is 271 g/mol. The van der Waals surface area contributed by atoms with Crippen LogP contribution in [0, 0.1) is 11.3 Å². The SMILES string of the molecule is CC(c1cccs1)N(C)C(=O)c1ccc(C#N)cn1. The Labute approximate surface area is 115 Å². The van der Waals surface area contributed by atoms with Crippen LogP contribution in [0.1, 0.15) is 33.9 Å². The molecule has 2 aromatic rings. The van der Waals surface area contributed by atoms with Gasteiger partial charge in [-0.3, -0.25) is 4.79 Å². The van der Waals surface area contributed by atoms with Crippen LogP contribution < -0.4 is 0 Å². The second kappa shape index (κ2) is 5.63. The Balaban J connectivity index is 2.16. The average Bonchev–Trinajstić information content (AvgIpc) is 2.99. The summed E-state index contributed by atoms with van der Waals surface area (Å²) in [5.41, 5.74) is 0.801. The van der Waals surface area contributed by atoms with Crippen molar-refractivity contribution in [3.05, 3.63) is 52.0 Å². The first-order valence-electron chi connectivity index (χ1n) is 5.80. The number of nitrogens with zero attached hydrogens (tertiary/aromatic N) is 3. The number of hydrogen-bond acceptors (Lipinski definition) is 4. The molecule has 0 bridgehead atoms. The van der Waals surface area contributed by atoms with Crippen molar-refractivity contribution in [2.45, 2.75) is 13.0 Å². The second-order valence-electron chi connectivity index (χ2n) is 4.15. The molecular weight excluding hydrogens is 258 g/mol. The molecule has 0 spiro atoms. The Morgan fingerprint density at radius 3 is 2.79 bits per heavy atom. The van der Waals surface area contributed by atoms with Crippen molar-refractivity contribution in [2.75, 3.05) is 7.05 Å². The van der Waals surface area contributed by atoms with Gasteiger partial charge in [0.25, 0.3) is 5.91 Å². The quantitative estimate of drug-likeness (QED) is 0.862. The third-order valence-corrected chi connectivity index (χ3v) is 4.01. The number of aromatic nitrogens is 1. The Kier molecular flexibility index (Phi) is 3.93. The highest BCUT2D eigenvalue weighted by Crippen LogP contribution is 2.24. The largest absolute Gasteiger partial charge is 0.333 e. The van der Waals surface area contributed by atoms with Crippen LogP contribution in [-0.2, 0) is 0 Å². The molecular formula is C14H13N3OS. The van der Waals surface area contributed by atoms with Gasteiger partial charge in [0.2, 0.25) is 0 Å². The molecule has 0 saturated carbocycles. The minimum absolute atomic E-state index is 0.00458. The molecule has 1 amide bonds. The maximum Gasteiger partial charge on any atom is 0.272 e. The molecule has 1 atom stereocenters. The molecule has 0 N–H and O–H groups in total. The first-order chi connectivity index (χ1) is 9.13. The third-order valence-electron chi connectivity index (χ3n) is 2.97. The molecule has 4 nitrogen and oxygen atoms in total. The van der Waals surface area contributed by atoms with Crippen molar-refractivity contribution in [3.8, 4) is 6.07 Å². The van der Waals surface area contributed by atoms with Crippen LogP contribution in [0.15, 0.2) is 35.8 Å². The van der Waals surface area contributed by atoms with E-state index in [9.17, 15) is 4.79 Å². The zero-order valence-electron chi connectivity index (χ0n) is 10.7. The van der Waals surface area contributed by atoms with Gasteiger partial charge in [-0.1, -0.05) is 6.07 Å². The molecule has 2 rings (SSSR count). The maximum absolute atomic E-state index is 12.3. The van der Waals surface area contributed by atoms with E-state index in [2.05, 4.69) is 4.98 Å². The summed E-state index contributed by atoms with van der Waals surface area (Å²) in [5, 5.41) is 10.7. The molecule has 2 heterocycles. The fourth-order valence-corrected chi connectivity index (χ4v) is 2.49. The van der Waals surface area contributed by atoms with Crippen LogP contribution in [0.3, 0.4) is 0 Å². The predicted octanol–water partition coefficient (Wildman–Crippen LogP) is 2.85. The minimum atomic E-state index is -0.148. The Morgan fingerprint density at radius 1 is 1.47 bits per heavy atom. The van der Waals surface area contributed by atoms with Gasteiger partial charge in [-0.05, 0) is 30.5 Å². The van der Waals surface area contributed by atoms with E-state index in [1.54, 1.807) is 35.4 Å². The van der Waals surface area contributed by atoms with E-state index in [1.807, 2.05) is 30.5 Å². The van der Waals surface area contributed by atoms with Crippen molar-refractivity contribution >= 4 is 17.2 Å². The summed E-state index contributed by atoms with van der Waals surface area (Å²) in [6.45, 7) is 1.98. The maximum atomic E-state index is 12.3. The molecule has 0 aliphatic carbocycles. The van der Waals surface area contributed by atoms with Crippen LogP contribution in [0.5, 0.6) is 0 Å². The summed E-state index contributed by atoms with van der Waals surface area (Å²) in [4.78, 5) is 19.1. The molecule has 19 heavy (non-hydrogen) atoms. The normalized spacial score (nSPS) is 11.6. The Morgan fingerprint density at radius 2 is 2.26 bits per heavy atom. The summed E-state index contributed by atoms with van der Waals surface area (Å²) >= 11 is 1.62. The summed E-state index contributed by atoms with van der Waals surface area (Å²) in [6.07, 6.45) is 1.41. The number of nitriles is 1. The third kappa shape index (κ3) is 2.80. The minimum Gasteiger partial charge on any atom is -0.333 e. The molecule has 0 fully saturated rings. The highest BCUT2D eigenvalue weighted by molar-refractivity contribution is 7.10. The Bertz CT molecular complexity index is 599. The Hall–Kier alpha value is -2.19. The van der Waals surface area contributed by atoms with Crippen molar-refractivity contribution < 1.29 is 4.79 Å². The van der Waals surface area contributed by atoms with Crippen LogP contribution in [-0.4, -0.2) is 22.8 Å². The molecule has 0 aliphatic rings. The summed E-state index contributed by atoms with van der Waals surface area (Å²) in [7, 11) is 1.76. The number of amides is 1. The fraction of sp³-hybridized carbons (Fsp3) is 0.214. The van der Waals surface area contributed by atoms with Gasteiger partial charge in [0, 0.05) is 18.1 Å². The molecule has 2 aromatic heterocycles. The molecule has 0 saturated heterocycles. The van der Waals surface area contributed by atoms with Gasteiger partial charge in [-0.15, -0.1) is 11.3 Å². The zero-order valence-corrected chi connectivity index (χ0v) is 11.5. The summed E-state index contributed by atoms with van der Waals surface area (Å²) in [6, 6.07) is 9.14. The molecule has 0 radical (unpaired) electrons. The number of carbonyl (C=O) groups is 1. The van der Waals surface area contributed by atoms with Crippen LogP contribution >= 0.6 is 11.3 Å². The van der Waals surface area contributed by atoms with E-state index in [4.69, 9.17) is 5.26 Å². The van der Waals surface area contributed by atoms with Gasteiger partial charge >= 0.3 is 0 Å². The van der Waals surface area contributed by atoms with Crippen LogP contribution in [0.2, 0.25) is 0 Å². The van der Waals surface area contributed by atoms with E-state index < -0.39 is 0 Å². The number of thiophene rings is 1. The van der Waals surface area contributed by atoms with Gasteiger partial charge in [0.05, 0.1) is 11.6 Å². The molecule has 1 unspecified atom stereocenters. The zero-order chi connectivity index (χ0) is 13.8. The average molecular weight is 271 g/mol. The summed E-state index contributed by atoms with van der Waals surface area (Å²) in [5.74, 6) is -0.148. The van der Waals surface area contributed by atoms with E-state index in [1.165, 1.54) is 6.20 Å². The number of pyridine rings is 1. The smallest absolute Gasteiger partial charge is 0.272 e. The highest BCUT2D eigenvalue weighted by atomic mass is 32.1. The standard InChI is InChI=1S/C14H13N3OS/c1-10(13-4-3-7-19-13)17(2)14(18)12-6-5-11(8-15)9-16-12/h3-7,9-10H,1-2H3. The molecule has 0 aromatic carbocycles. The molecule has 96 valence electrons. The highest BCUT2D eigenvalue weighted by Gasteiger charge is 2.20. The van der Waals surface area contributed by atoms with Gasteiger partial charge < -0.3 is 4.90 Å². The lowest BCUT2D eigenvalue weighted by molar-refractivity contribution is 0.0739. The predicted molar refractivity (Wildman–Crippen MR) is 73.8 cm³/mol. The van der Waals surface area contributed by atoms with Crippen molar-refractivity contribution in [1.29, 1.82) is 5.26 Å². The van der Waals surface area contributed by atoms with Gasteiger partial charge in [-0.2, -0.15) is 5.26 Å². The van der Waals surface area contributed by atoms with E-state index in [-0.39, 0.29) is 11.9 Å². The number of hydrogen-bond donors (Lipinski definition) is 0. The van der Waals surface area contributed by atoms with Crippen molar-refractivity contribution in [2.24, 2.45) is 0 Å². The lowest BCUT2D eigenvalue weighted by Gasteiger charge is -2.23. The molecule has 5 heteroatoms. The van der Waals surface area contributed by atoms with E-state index in [0.29, 0.717) is 11.3 Å². The van der Waals surface area contributed by atoms with Gasteiger partial charge in [0.1, 0.15) is 11.8 Å². The number of rotatable bonds is 3. The van der Waals surface area contributed by atoms with Crippen molar-refractivity contribution in [1.82, 2.24) is 9.88 Å². The topological polar surface area (TPSA) is 57.0 Å². The van der Waals surface area contributed by atoms with Gasteiger partial charge in [0.15, 0.2) is 0 Å². The van der Waals surface area contributed by atoms with Crippen molar-refractivity contribution in [3.63, 3.8) is 0 Å². The van der Waals surface area contributed by atoms with Crippen LogP contribution in [0.25, 0.3) is 0 Å². The molecule has 0 aliphatic heterocycles. The lowest BCUT2D eigenvalue weighted by atomic mass is 10.2. The number of carbonyl (C=O) groups excluding carboxylic acids is 1. The summed E-state index contributed by atoms with van der Waals surface area (Å²) < 4.78 is 0. The van der Waals surface area contributed by atoms with Gasteiger partial charge in [-0.25, -0.2) is 4.98 Å². The van der Waals surface area contributed by atoms with E-state index in [0.717, 1.165) is 4.88 Å².